The van der Waals surface area contributed by atoms with Gasteiger partial charge in [0.1, 0.15) is 0 Å². The normalized spacial score (nSPS) is 11.1. The van der Waals surface area contributed by atoms with E-state index in [1.807, 2.05) is 42.5 Å². The molecule has 4 aromatic carbocycles. The lowest BCUT2D eigenvalue weighted by Crippen LogP contribution is -1.98. The first-order chi connectivity index (χ1) is 18.7. The first-order valence-corrected chi connectivity index (χ1v) is 14.4. The van der Waals surface area contributed by atoms with E-state index in [1.54, 1.807) is 12.1 Å². The van der Waals surface area contributed by atoms with Gasteiger partial charge in [0.25, 0.3) is 0 Å². The lowest BCUT2D eigenvalue weighted by Gasteiger charge is -2.10. The number of hydrogen-bond acceptors (Lipinski definition) is 0. The fourth-order valence-corrected chi connectivity index (χ4v) is 5.14. The minimum atomic E-state index is -0.741. The van der Waals surface area contributed by atoms with Crippen molar-refractivity contribution in [3.05, 3.63) is 108 Å². The van der Waals surface area contributed by atoms with Crippen molar-refractivity contribution in [1.82, 2.24) is 0 Å². The third kappa shape index (κ3) is 7.63. The smallest absolute Gasteiger partial charge is 0.166 e. The number of aryl methyl sites for hydroxylation is 1. The van der Waals surface area contributed by atoms with Crippen molar-refractivity contribution >= 4 is 0 Å². The Morgan fingerprint density at radius 2 is 0.868 bits per heavy atom. The van der Waals surface area contributed by atoms with E-state index in [-0.39, 0.29) is 0 Å². The summed E-state index contributed by atoms with van der Waals surface area (Å²) in [5.74, 6) is -1.44. The van der Waals surface area contributed by atoms with Gasteiger partial charge in [-0.2, -0.15) is 0 Å². The van der Waals surface area contributed by atoms with E-state index in [4.69, 9.17) is 0 Å². The van der Waals surface area contributed by atoms with Crippen LogP contribution >= 0.6 is 0 Å². The highest BCUT2D eigenvalue weighted by atomic mass is 19.2. The zero-order chi connectivity index (χ0) is 26.6. The Labute approximate surface area is 227 Å². The van der Waals surface area contributed by atoms with Crippen LogP contribution in [0.25, 0.3) is 33.4 Å². The molecule has 0 aliphatic rings. The monoisotopic (exact) mass is 510 g/mol. The third-order valence-electron chi connectivity index (χ3n) is 7.48. The minimum absolute atomic E-state index is 0.320. The molecule has 4 aromatic rings. The summed E-state index contributed by atoms with van der Waals surface area (Å²) in [4.78, 5) is 0. The van der Waals surface area contributed by atoms with Gasteiger partial charge in [0.2, 0.25) is 0 Å². The summed E-state index contributed by atoms with van der Waals surface area (Å²) in [5, 5.41) is 0. The molecule has 2 heteroatoms. The van der Waals surface area contributed by atoms with Crippen LogP contribution in [0.2, 0.25) is 0 Å². The second-order valence-electron chi connectivity index (χ2n) is 10.4. The lowest BCUT2D eigenvalue weighted by atomic mass is 9.96. The highest BCUT2D eigenvalue weighted by molar-refractivity contribution is 5.73. The molecule has 0 fully saturated rings. The second-order valence-corrected chi connectivity index (χ2v) is 10.4. The quantitative estimate of drug-likeness (QED) is 0.148. The van der Waals surface area contributed by atoms with Gasteiger partial charge in [-0.1, -0.05) is 156 Å². The SMILES string of the molecule is CCCCCCCCCCCCc1ccc(-c2ccc(-c3ccc(-c4ccccc4)cc3)cc2)c(F)c1F. The van der Waals surface area contributed by atoms with Crippen LogP contribution in [0.3, 0.4) is 0 Å². The van der Waals surface area contributed by atoms with Gasteiger partial charge in [-0.25, -0.2) is 8.78 Å². The Kier molecular flexibility index (Phi) is 10.7. The van der Waals surface area contributed by atoms with Gasteiger partial charge < -0.3 is 0 Å². The van der Waals surface area contributed by atoms with E-state index in [0.717, 1.165) is 24.0 Å². The summed E-state index contributed by atoms with van der Waals surface area (Å²) < 4.78 is 29.9. The zero-order valence-electron chi connectivity index (χ0n) is 22.7. The lowest BCUT2D eigenvalue weighted by molar-refractivity contribution is 0.496. The Morgan fingerprint density at radius 3 is 1.39 bits per heavy atom. The first-order valence-electron chi connectivity index (χ1n) is 14.4. The van der Waals surface area contributed by atoms with E-state index < -0.39 is 11.6 Å². The molecule has 0 radical (unpaired) electrons. The van der Waals surface area contributed by atoms with E-state index in [9.17, 15) is 4.39 Å². The molecular weight excluding hydrogens is 470 g/mol. The molecule has 0 aromatic heterocycles. The average Bonchev–Trinajstić information content (AvgIpc) is 2.97. The van der Waals surface area contributed by atoms with E-state index in [2.05, 4.69) is 43.3 Å². The molecule has 0 saturated heterocycles. The summed E-state index contributed by atoms with van der Waals surface area (Å²) in [6.45, 7) is 2.24. The van der Waals surface area contributed by atoms with Crippen molar-refractivity contribution in [3.63, 3.8) is 0 Å². The standard InChI is InChI=1S/C36H40F2/c1-2-3-4-5-6-7-8-9-10-12-17-33-26-27-34(36(38)35(33)37)32-24-22-31(23-25-32)30-20-18-29(19-21-30)28-15-13-11-14-16-28/h11,13-16,18-27H,2-10,12,17H2,1H3. The molecule has 0 bridgehead atoms. The second kappa shape index (κ2) is 14.6. The van der Waals surface area contributed by atoms with Crippen molar-refractivity contribution in [2.75, 3.05) is 0 Å². The Morgan fingerprint density at radius 1 is 0.421 bits per heavy atom. The molecule has 0 spiro atoms. The molecule has 38 heavy (non-hydrogen) atoms. The molecule has 0 heterocycles. The molecule has 0 nitrogen and oxygen atoms in total. The molecule has 0 aliphatic carbocycles. The first kappa shape index (κ1) is 27.8. The number of benzene rings is 4. The van der Waals surface area contributed by atoms with Gasteiger partial charge in [0, 0.05) is 5.56 Å². The molecule has 4 rings (SSSR count). The summed E-state index contributed by atoms with van der Waals surface area (Å²) >= 11 is 0. The predicted molar refractivity (Wildman–Crippen MR) is 158 cm³/mol. The fraction of sp³-hybridized carbons (Fsp3) is 0.333. The van der Waals surface area contributed by atoms with Crippen molar-refractivity contribution in [2.45, 2.75) is 77.6 Å². The van der Waals surface area contributed by atoms with Crippen LogP contribution in [0, 0.1) is 11.6 Å². The third-order valence-corrected chi connectivity index (χ3v) is 7.48. The van der Waals surface area contributed by atoms with Gasteiger partial charge in [0.05, 0.1) is 0 Å². The largest absolute Gasteiger partial charge is 0.203 e. The van der Waals surface area contributed by atoms with Crippen LogP contribution < -0.4 is 0 Å². The van der Waals surface area contributed by atoms with Gasteiger partial charge in [-0.3, -0.25) is 0 Å². The zero-order valence-corrected chi connectivity index (χ0v) is 22.7. The van der Waals surface area contributed by atoms with Crippen LogP contribution in [-0.4, -0.2) is 0 Å². The molecule has 0 amide bonds. The highest BCUT2D eigenvalue weighted by Gasteiger charge is 2.15. The predicted octanol–water partition coefficient (Wildman–Crippen LogP) is 11.4. The molecule has 0 N–H and O–H groups in total. The van der Waals surface area contributed by atoms with Crippen molar-refractivity contribution < 1.29 is 8.78 Å². The van der Waals surface area contributed by atoms with Crippen LogP contribution in [-0.2, 0) is 6.42 Å². The van der Waals surface area contributed by atoms with E-state index in [1.165, 1.54) is 62.5 Å². The van der Waals surface area contributed by atoms with E-state index >= 15 is 4.39 Å². The van der Waals surface area contributed by atoms with Gasteiger partial charge in [0.15, 0.2) is 11.6 Å². The molecule has 0 aliphatic heterocycles. The summed E-state index contributed by atoms with van der Waals surface area (Å²) in [6, 6.07) is 29.9. The number of unbranched alkanes of at least 4 members (excludes halogenated alkanes) is 9. The molecule has 0 atom stereocenters. The summed E-state index contributed by atoms with van der Waals surface area (Å²) in [5.41, 5.74) is 5.99. The maximum Gasteiger partial charge on any atom is 0.166 e. The van der Waals surface area contributed by atoms with Gasteiger partial charge in [-0.15, -0.1) is 0 Å². The van der Waals surface area contributed by atoms with E-state index in [0.29, 0.717) is 23.1 Å². The highest BCUT2D eigenvalue weighted by Crippen LogP contribution is 2.30. The van der Waals surface area contributed by atoms with Gasteiger partial charge >= 0.3 is 0 Å². The maximum atomic E-state index is 15.0. The van der Waals surface area contributed by atoms with Crippen LogP contribution in [0.4, 0.5) is 8.78 Å². The molecule has 0 unspecified atom stereocenters. The number of halogens is 2. The fourth-order valence-electron chi connectivity index (χ4n) is 5.14. The van der Waals surface area contributed by atoms with Crippen molar-refractivity contribution in [3.8, 4) is 33.4 Å². The van der Waals surface area contributed by atoms with Crippen LogP contribution in [0.15, 0.2) is 91.0 Å². The topological polar surface area (TPSA) is 0 Å². The Balaban J connectivity index is 1.30. The van der Waals surface area contributed by atoms with Crippen LogP contribution in [0.1, 0.15) is 76.7 Å². The number of hydrogen-bond donors (Lipinski definition) is 0. The number of rotatable bonds is 14. The van der Waals surface area contributed by atoms with Crippen molar-refractivity contribution in [1.29, 1.82) is 0 Å². The minimum Gasteiger partial charge on any atom is -0.203 e. The average molecular weight is 511 g/mol. The molecular formula is C36H40F2. The Bertz CT molecular complexity index is 1240. The van der Waals surface area contributed by atoms with Crippen LogP contribution in [0.5, 0.6) is 0 Å². The van der Waals surface area contributed by atoms with Gasteiger partial charge in [-0.05, 0) is 46.2 Å². The summed E-state index contributed by atoms with van der Waals surface area (Å²) in [6.07, 6.45) is 12.9. The molecule has 198 valence electrons. The summed E-state index contributed by atoms with van der Waals surface area (Å²) in [7, 11) is 0. The maximum absolute atomic E-state index is 15.0. The van der Waals surface area contributed by atoms with Crippen molar-refractivity contribution in [2.24, 2.45) is 0 Å². The molecule has 0 saturated carbocycles. The Hall–Kier alpha value is -3.26.